The Morgan fingerprint density at radius 3 is 2.36 bits per heavy atom. The lowest BCUT2D eigenvalue weighted by atomic mass is 10.1. The van der Waals surface area contributed by atoms with Gasteiger partial charge in [-0.3, -0.25) is 14.5 Å². The predicted molar refractivity (Wildman–Crippen MR) is 115 cm³/mol. The van der Waals surface area contributed by atoms with E-state index in [1.165, 1.54) is 0 Å². The van der Waals surface area contributed by atoms with E-state index in [4.69, 9.17) is 0 Å². The lowest BCUT2D eigenvalue weighted by Crippen LogP contribution is -2.28. The summed E-state index contributed by atoms with van der Waals surface area (Å²) in [6.45, 7) is 2.02. The summed E-state index contributed by atoms with van der Waals surface area (Å²) < 4.78 is 0. The van der Waals surface area contributed by atoms with Gasteiger partial charge in [0.15, 0.2) is 0 Å². The van der Waals surface area contributed by atoms with Gasteiger partial charge in [-0.1, -0.05) is 48.5 Å². The molecule has 0 aromatic heterocycles. The van der Waals surface area contributed by atoms with Crippen LogP contribution in [-0.4, -0.2) is 17.6 Å². The highest BCUT2D eigenvalue weighted by Gasteiger charge is 2.34. The molecule has 1 fully saturated rings. The zero-order valence-electron chi connectivity index (χ0n) is 15.5. The average Bonchev–Trinajstić information content (AvgIpc) is 3.11. The number of anilines is 2. The SMILES string of the molecule is Cc1ccccc1N1C(=O)CSC1c1ccc(NC(=O)c2ccccc2)cc1. The van der Waals surface area contributed by atoms with Crippen molar-refractivity contribution in [1.82, 2.24) is 0 Å². The third kappa shape index (κ3) is 3.66. The zero-order chi connectivity index (χ0) is 19.5. The summed E-state index contributed by atoms with van der Waals surface area (Å²) in [5, 5.41) is 2.85. The van der Waals surface area contributed by atoms with E-state index in [9.17, 15) is 9.59 Å². The van der Waals surface area contributed by atoms with E-state index in [-0.39, 0.29) is 17.2 Å². The van der Waals surface area contributed by atoms with E-state index < -0.39 is 0 Å². The second-order valence-electron chi connectivity index (χ2n) is 6.66. The quantitative estimate of drug-likeness (QED) is 0.682. The molecule has 1 atom stereocenters. The van der Waals surface area contributed by atoms with Gasteiger partial charge >= 0.3 is 0 Å². The van der Waals surface area contributed by atoms with Gasteiger partial charge in [0, 0.05) is 16.9 Å². The fraction of sp³-hybridized carbons (Fsp3) is 0.130. The number of aryl methyl sites for hydroxylation is 1. The van der Waals surface area contributed by atoms with Crippen molar-refractivity contribution in [1.29, 1.82) is 0 Å². The Bertz CT molecular complexity index is 1000. The molecule has 28 heavy (non-hydrogen) atoms. The second-order valence-corrected chi connectivity index (χ2v) is 7.72. The van der Waals surface area contributed by atoms with Crippen LogP contribution in [0.25, 0.3) is 0 Å². The number of para-hydroxylation sites is 1. The first-order valence-corrected chi connectivity index (χ1v) is 10.1. The van der Waals surface area contributed by atoms with Crippen molar-refractivity contribution >= 4 is 35.0 Å². The summed E-state index contributed by atoms with van der Waals surface area (Å²) in [6, 6.07) is 24.8. The van der Waals surface area contributed by atoms with E-state index in [1.54, 1.807) is 23.9 Å². The first-order valence-electron chi connectivity index (χ1n) is 9.09. The van der Waals surface area contributed by atoms with E-state index in [2.05, 4.69) is 5.32 Å². The highest BCUT2D eigenvalue weighted by Crippen LogP contribution is 2.42. The molecule has 1 unspecified atom stereocenters. The number of hydrogen-bond acceptors (Lipinski definition) is 3. The summed E-state index contributed by atoms with van der Waals surface area (Å²) in [4.78, 5) is 26.7. The Labute approximate surface area is 168 Å². The van der Waals surface area contributed by atoms with Gasteiger partial charge < -0.3 is 5.32 Å². The first-order chi connectivity index (χ1) is 13.6. The Hall–Kier alpha value is -3.05. The number of rotatable bonds is 4. The van der Waals surface area contributed by atoms with Crippen molar-refractivity contribution in [2.75, 3.05) is 16.0 Å². The summed E-state index contributed by atoms with van der Waals surface area (Å²) in [6.07, 6.45) is 0. The van der Waals surface area contributed by atoms with Crippen molar-refractivity contribution in [3.63, 3.8) is 0 Å². The van der Waals surface area contributed by atoms with Crippen molar-refractivity contribution < 1.29 is 9.59 Å². The molecule has 0 aliphatic carbocycles. The third-order valence-electron chi connectivity index (χ3n) is 4.73. The van der Waals surface area contributed by atoms with E-state index in [0.29, 0.717) is 11.3 Å². The Morgan fingerprint density at radius 2 is 1.64 bits per heavy atom. The molecule has 0 saturated carbocycles. The van der Waals surface area contributed by atoms with Crippen LogP contribution in [0.1, 0.15) is 26.9 Å². The third-order valence-corrected chi connectivity index (χ3v) is 5.94. The molecule has 4 rings (SSSR count). The van der Waals surface area contributed by atoms with Gasteiger partial charge in [-0.05, 0) is 48.4 Å². The van der Waals surface area contributed by atoms with Crippen molar-refractivity contribution in [3.8, 4) is 0 Å². The summed E-state index contributed by atoms with van der Waals surface area (Å²) >= 11 is 1.62. The fourth-order valence-electron chi connectivity index (χ4n) is 3.29. The minimum absolute atomic E-state index is 0.0625. The summed E-state index contributed by atoms with van der Waals surface area (Å²) in [5.41, 5.74) is 4.42. The fourth-order valence-corrected chi connectivity index (χ4v) is 4.46. The Morgan fingerprint density at radius 1 is 0.964 bits per heavy atom. The van der Waals surface area contributed by atoms with Gasteiger partial charge in [-0.15, -0.1) is 11.8 Å². The molecular formula is C23H20N2O2S. The molecule has 0 spiro atoms. The molecule has 3 aromatic carbocycles. The predicted octanol–water partition coefficient (Wildman–Crippen LogP) is 5.03. The number of hydrogen-bond donors (Lipinski definition) is 1. The molecule has 5 heteroatoms. The maximum atomic E-state index is 12.5. The van der Waals surface area contributed by atoms with Crippen LogP contribution >= 0.6 is 11.8 Å². The van der Waals surface area contributed by atoms with Crippen molar-refractivity contribution in [2.45, 2.75) is 12.3 Å². The van der Waals surface area contributed by atoms with E-state index >= 15 is 0 Å². The molecule has 0 radical (unpaired) electrons. The van der Waals surface area contributed by atoms with Crippen LogP contribution in [0.4, 0.5) is 11.4 Å². The highest BCUT2D eigenvalue weighted by atomic mass is 32.2. The number of amides is 2. The second kappa shape index (κ2) is 7.90. The van der Waals surface area contributed by atoms with Gasteiger partial charge in [0.05, 0.1) is 5.75 Å². The average molecular weight is 388 g/mol. The normalized spacial score (nSPS) is 16.2. The number of nitrogens with one attached hydrogen (secondary N) is 1. The van der Waals surface area contributed by atoms with Crippen LogP contribution in [-0.2, 0) is 4.79 Å². The number of nitrogens with zero attached hydrogens (tertiary/aromatic N) is 1. The number of thioether (sulfide) groups is 1. The van der Waals surface area contributed by atoms with Crippen molar-refractivity contribution in [3.05, 3.63) is 95.6 Å². The molecule has 2 amide bonds. The number of benzene rings is 3. The van der Waals surface area contributed by atoms with Crippen LogP contribution in [0.5, 0.6) is 0 Å². The minimum Gasteiger partial charge on any atom is -0.322 e. The van der Waals surface area contributed by atoms with E-state index in [0.717, 1.165) is 22.5 Å². The maximum absolute atomic E-state index is 12.5. The van der Waals surface area contributed by atoms with Gasteiger partial charge in [-0.25, -0.2) is 0 Å². The van der Waals surface area contributed by atoms with Gasteiger partial charge in [0.25, 0.3) is 5.91 Å². The topological polar surface area (TPSA) is 49.4 Å². The standard InChI is InChI=1S/C23H20N2O2S/c1-16-7-5-6-10-20(16)25-21(26)15-28-23(25)18-11-13-19(14-12-18)24-22(27)17-8-3-2-4-9-17/h2-14,23H,15H2,1H3,(H,24,27). The van der Waals surface area contributed by atoms with Crippen molar-refractivity contribution in [2.24, 2.45) is 0 Å². The zero-order valence-corrected chi connectivity index (χ0v) is 16.3. The molecular weight excluding hydrogens is 368 g/mol. The van der Waals surface area contributed by atoms with Crippen LogP contribution in [0.3, 0.4) is 0 Å². The Balaban J connectivity index is 1.54. The Kier molecular flexibility index (Phi) is 5.17. The number of carbonyl (C=O) groups is 2. The van der Waals surface area contributed by atoms with Crippen LogP contribution in [0, 0.1) is 6.92 Å². The van der Waals surface area contributed by atoms with Crippen LogP contribution < -0.4 is 10.2 Å². The molecule has 1 N–H and O–H groups in total. The molecule has 0 bridgehead atoms. The van der Waals surface area contributed by atoms with Gasteiger partial charge in [-0.2, -0.15) is 0 Å². The smallest absolute Gasteiger partial charge is 0.255 e. The van der Waals surface area contributed by atoms with Crippen LogP contribution in [0.2, 0.25) is 0 Å². The van der Waals surface area contributed by atoms with Crippen LogP contribution in [0.15, 0.2) is 78.9 Å². The lowest BCUT2D eigenvalue weighted by Gasteiger charge is -2.26. The van der Waals surface area contributed by atoms with Gasteiger partial charge in [0.2, 0.25) is 5.91 Å². The molecule has 1 aliphatic rings. The largest absolute Gasteiger partial charge is 0.322 e. The molecule has 3 aromatic rings. The molecule has 140 valence electrons. The summed E-state index contributed by atoms with van der Waals surface area (Å²) in [5.74, 6) is 0.442. The lowest BCUT2D eigenvalue weighted by molar-refractivity contribution is -0.115. The monoisotopic (exact) mass is 388 g/mol. The first kappa shape index (κ1) is 18.3. The van der Waals surface area contributed by atoms with E-state index in [1.807, 2.05) is 78.6 Å². The molecule has 1 saturated heterocycles. The molecule has 1 heterocycles. The molecule has 1 aliphatic heterocycles. The summed E-state index contributed by atoms with van der Waals surface area (Å²) in [7, 11) is 0. The maximum Gasteiger partial charge on any atom is 0.255 e. The number of carbonyl (C=O) groups excluding carboxylic acids is 2. The van der Waals surface area contributed by atoms with Gasteiger partial charge in [0.1, 0.15) is 5.37 Å². The molecule has 4 nitrogen and oxygen atoms in total. The minimum atomic E-state index is -0.139. The highest BCUT2D eigenvalue weighted by molar-refractivity contribution is 8.00.